The second-order valence-corrected chi connectivity index (χ2v) is 5.51. The standard InChI is InChI=1S/C5H12OP/c1-4-7(3,6)5-2/h1,4-5H2,2-3H3. The molecule has 0 aromatic rings. The van der Waals surface area contributed by atoms with Gasteiger partial charge in [-0.15, -0.1) is 0 Å². The van der Waals surface area contributed by atoms with Gasteiger partial charge in [0.15, 0.2) is 0 Å². The molecule has 0 aliphatic carbocycles. The van der Waals surface area contributed by atoms with Gasteiger partial charge in [0.05, 0.1) is 7.14 Å². The first-order chi connectivity index (χ1) is 3.12. The number of hydrogen-bond donors (Lipinski definition) is 0. The fourth-order valence-electron chi connectivity index (χ4n) is 0.158. The largest absolute Gasteiger partial charge is 0.324 e. The van der Waals surface area contributed by atoms with E-state index in [0.717, 1.165) is 6.16 Å². The van der Waals surface area contributed by atoms with Crippen molar-refractivity contribution in [2.24, 2.45) is 0 Å². The molecule has 0 saturated carbocycles. The molecular formula is C5H12OP. The average Bonchev–Trinajstić information content (AvgIpc) is 1.68. The van der Waals surface area contributed by atoms with E-state index in [9.17, 15) is 4.57 Å². The van der Waals surface area contributed by atoms with Crippen LogP contribution >= 0.6 is 7.14 Å². The van der Waals surface area contributed by atoms with Gasteiger partial charge in [-0.2, -0.15) is 0 Å². The van der Waals surface area contributed by atoms with Crippen LogP contribution in [0.3, 0.4) is 0 Å². The molecule has 1 radical (unpaired) electrons. The molecule has 0 bridgehead atoms. The third-order valence-electron chi connectivity index (χ3n) is 1.14. The van der Waals surface area contributed by atoms with Gasteiger partial charge in [0.25, 0.3) is 0 Å². The lowest BCUT2D eigenvalue weighted by molar-refractivity contribution is 0.581. The summed E-state index contributed by atoms with van der Waals surface area (Å²) in [5.41, 5.74) is 0. The van der Waals surface area contributed by atoms with Crippen LogP contribution in [0.1, 0.15) is 6.92 Å². The van der Waals surface area contributed by atoms with E-state index < -0.39 is 7.14 Å². The Kier molecular flexibility index (Phi) is 2.60. The second kappa shape index (κ2) is 2.52. The van der Waals surface area contributed by atoms with Gasteiger partial charge >= 0.3 is 0 Å². The zero-order valence-electron chi connectivity index (χ0n) is 4.98. The zero-order valence-corrected chi connectivity index (χ0v) is 5.87. The van der Waals surface area contributed by atoms with Gasteiger partial charge in [-0.3, -0.25) is 0 Å². The molecule has 0 amide bonds. The first-order valence-corrected chi connectivity index (χ1v) is 4.99. The van der Waals surface area contributed by atoms with Crippen molar-refractivity contribution in [3.63, 3.8) is 0 Å². The Hall–Kier alpha value is 0.230. The Morgan fingerprint density at radius 2 is 2.14 bits per heavy atom. The van der Waals surface area contributed by atoms with Crippen LogP contribution in [0.15, 0.2) is 0 Å². The van der Waals surface area contributed by atoms with Crippen LogP contribution in [-0.4, -0.2) is 19.0 Å². The van der Waals surface area contributed by atoms with Gasteiger partial charge < -0.3 is 4.57 Å². The number of hydrogen-bond acceptors (Lipinski definition) is 1. The van der Waals surface area contributed by atoms with Crippen LogP contribution in [0.5, 0.6) is 0 Å². The molecule has 0 aromatic heterocycles. The van der Waals surface area contributed by atoms with E-state index in [1.165, 1.54) is 0 Å². The normalized spacial score (nSPS) is 11.9. The van der Waals surface area contributed by atoms with Gasteiger partial charge in [-0.25, -0.2) is 0 Å². The van der Waals surface area contributed by atoms with E-state index in [2.05, 4.69) is 6.92 Å². The second-order valence-electron chi connectivity index (χ2n) is 1.84. The fourth-order valence-corrected chi connectivity index (χ4v) is 0.474. The van der Waals surface area contributed by atoms with E-state index in [-0.39, 0.29) is 0 Å². The van der Waals surface area contributed by atoms with Crippen molar-refractivity contribution in [1.82, 2.24) is 0 Å². The molecule has 0 fully saturated rings. The Morgan fingerprint density at radius 1 is 1.71 bits per heavy atom. The molecule has 0 heterocycles. The minimum Gasteiger partial charge on any atom is -0.324 e. The molecule has 0 rings (SSSR count). The summed E-state index contributed by atoms with van der Waals surface area (Å²) in [6.45, 7) is 7.29. The van der Waals surface area contributed by atoms with Gasteiger partial charge in [-0.05, 0) is 19.8 Å². The van der Waals surface area contributed by atoms with Crippen LogP contribution in [-0.2, 0) is 4.57 Å². The predicted molar refractivity (Wildman–Crippen MR) is 34.3 cm³/mol. The summed E-state index contributed by atoms with van der Waals surface area (Å²) >= 11 is 0. The van der Waals surface area contributed by atoms with Gasteiger partial charge in [0.1, 0.15) is 0 Å². The van der Waals surface area contributed by atoms with E-state index in [1.54, 1.807) is 6.66 Å². The lowest BCUT2D eigenvalue weighted by atomic mass is 11.0. The topological polar surface area (TPSA) is 17.1 Å². The molecule has 0 N–H and O–H groups in total. The highest BCUT2D eigenvalue weighted by molar-refractivity contribution is 7.63. The monoisotopic (exact) mass is 119 g/mol. The maximum Gasteiger partial charge on any atom is 0.0845 e. The Labute approximate surface area is 45.5 Å². The first kappa shape index (κ1) is 7.23. The summed E-state index contributed by atoms with van der Waals surface area (Å²) in [6.07, 6.45) is 1.39. The molecule has 2 heteroatoms. The Balaban J connectivity index is 3.61. The van der Waals surface area contributed by atoms with Crippen molar-refractivity contribution in [3.8, 4) is 0 Å². The molecule has 0 aliphatic heterocycles. The predicted octanol–water partition coefficient (Wildman–Crippen LogP) is 1.83. The SMILES string of the molecule is [CH2]CP(C)(=O)CC. The molecule has 0 aliphatic rings. The summed E-state index contributed by atoms with van der Waals surface area (Å²) in [5, 5.41) is 0. The summed E-state index contributed by atoms with van der Waals surface area (Å²) in [6, 6.07) is 0. The van der Waals surface area contributed by atoms with Crippen LogP contribution in [0.25, 0.3) is 0 Å². The van der Waals surface area contributed by atoms with Crippen LogP contribution in [0, 0.1) is 6.92 Å². The maximum absolute atomic E-state index is 10.9. The Morgan fingerprint density at radius 3 is 2.14 bits per heavy atom. The molecule has 1 unspecified atom stereocenters. The van der Waals surface area contributed by atoms with Crippen molar-refractivity contribution < 1.29 is 4.57 Å². The molecule has 1 nitrogen and oxygen atoms in total. The zero-order chi connectivity index (χ0) is 5.91. The summed E-state index contributed by atoms with van der Waals surface area (Å²) in [4.78, 5) is 0. The molecule has 0 aromatic carbocycles. The van der Waals surface area contributed by atoms with E-state index in [1.807, 2.05) is 6.92 Å². The van der Waals surface area contributed by atoms with Crippen molar-refractivity contribution in [3.05, 3.63) is 6.92 Å². The molecular weight excluding hydrogens is 107 g/mol. The third kappa shape index (κ3) is 2.87. The average molecular weight is 119 g/mol. The lowest BCUT2D eigenvalue weighted by Crippen LogP contribution is -1.83. The van der Waals surface area contributed by atoms with E-state index in [4.69, 9.17) is 0 Å². The first-order valence-electron chi connectivity index (χ1n) is 2.47. The van der Waals surface area contributed by atoms with E-state index >= 15 is 0 Å². The molecule has 7 heavy (non-hydrogen) atoms. The highest BCUT2D eigenvalue weighted by atomic mass is 31.2. The highest BCUT2D eigenvalue weighted by Crippen LogP contribution is 2.38. The van der Waals surface area contributed by atoms with Crippen LogP contribution in [0.2, 0.25) is 0 Å². The van der Waals surface area contributed by atoms with Gasteiger partial charge in [-0.1, -0.05) is 6.92 Å². The Bertz CT molecular complexity index is 80.1. The highest BCUT2D eigenvalue weighted by Gasteiger charge is 2.05. The van der Waals surface area contributed by atoms with Crippen molar-refractivity contribution in [2.45, 2.75) is 6.92 Å². The third-order valence-corrected chi connectivity index (χ3v) is 3.43. The van der Waals surface area contributed by atoms with Crippen molar-refractivity contribution in [2.75, 3.05) is 19.0 Å². The van der Waals surface area contributed by atoms with Gasteiger partial charge in [0, 0.05) is 6.16 Å². The number of rotatable bonds is 2. The quantitative estimate of drug-likeness (QED) is 0.507. The van der Waals surface area contributed by atoms with Crippen molar-refractivity contribution >= 4 is 7.14 Å². The summed E-state index contributed by atoms with van der Waals surface area (Å²) in [5.74, 6) is 0. The van der Waals surface area contributed by atoms with Crippen molar-refractivity contribution in [1.29, 1.82) is 0 Å². The minimum atomic E-state index is -1.77. The fraction of sp³-hybridized carbons (Fsp3) is 0.800. The van der Waals surface area contributed by atoms with Crippen LogP contribution in [0.4, 0.5) is 0 Å². The van der Waals surface area contributed by atoms with Crippen LogP contribution < -0.4 is 0 Å². The van der Waals surface area contributed by atoms with Gasteiger partial charge in [0.2, 0.25) is 0 Å². The minimum absolute atomic E-state index is 0.601. The molecule has 0 saturated heterocycles. The summed E-state index contributed by atoms with van der Waals surface area (Å²) in [7, 11) is -1.77. The smallest absolute Gasteiger partial charge is 0.0845 e. The summed E-state index contributed by atoms with van der Waals surface area (Å²) < 4.78 is 10.9. The van der Waals surface area contributed by atoms with E-state index in [0.29, 0.717) is 6.16 Å². The maximum atomic E-state index is 10.9. The molecule has 1 atom stereocenters. The lowest BCUT2D eigenvalue weighted by Gasteiger charge is -2.02. The molecule has 43 valence electrons. The molecule has 0 spiro atoms.